The molecule has 4 saturated carbocycles. The summed E-state index contributed by atoms with van der Waals surface area (Å²) in [6.45, 7) is 12.1. The predicted octanol–water partition coefficient (Wildman–Crippen LogP) is 8.65. The maximum Gasteiger partial charge on any atom is 0.157 e. The van der Waals surface area contributed by atoms with Crippen LogP contribution in [0.2, 0.25) is 0 Å². The van der Waals surface area contributed by atoms with E-state index in [4.69, 9.17) is 14.2 Å². The Hall–Kier alpha value is -0.120. The van der Waals surface area contributed by atoms with Crippen LogP contribution >= 0.6 is 0 Å². The number of fused-ring (bicyclic) bond motifs is 5. The lowest BCUT2D eigenvalue weighted by molar-refractivity contribution is -0.168. The summed E-state index contributed by atoms with van der Waals surface area (Å²) in [5.41, 5.74) is 1.09. The fourth-order valence-electron chi connectivity index (χ4n) is 10.7. The Kier molecular flexibility index (Phi) is 8.80. The zero-order valence-electron chi connectivity index (χ0n) is 24.4. The first-order valence-electron chi connectivity index (χ1n) is 16.1. The highest BCUT2D eigenvalue weighted by Gasteiger charge is 2.62. The molecule has 0 amide bonds. The van der Waals surface area contributed by atoms with Gasteiger partial charge in [-0.25, -0.2) is 0 Å². The number of ether oxygens (including phenoxy) is 3. The van der Waals surface area contributed by atoms with Crippen LogP contribution in [-0.4, -0.2) is 32.7 Å². The van der Waals surface area contributed by atoms with Crippen molar-refractivity contribution >= 4 is 0 Å². The van der Waals surface area contributed by atoms with Gasteiger partial charge in [-0.05, 0) is 123 Å². The second kappa shape index (κ2) is 11.5. The minimum atomic E-state index is 0.0641. The van der Waals surface area contributed by atoms with Crippen molar-refractivity contribution in [3.05, 3.63) is 0 Å². The van der Waals surface area contributed by atoms with Crippen molar-refractivity contribution < 1.29 is 14.2 Å². The molecule has 5 fully saturated rings. The smallest absolute Gasteiger partial charge is 0.157 e. The molecular formula is C33H58O3. The van der Waals surface area contributed by atoms with Crippen LogP contribution in [0.1, 0.15) is 124 Å². The van der Waals surface area contributed by atoms with Crippen LogP contribution < -0.4 is 0 Å². The average molecular weight is 503 g/mol. The number of methoxy groups -OCH3 is 1. The first kappa shape index (κ1) is 27.4. The van der Waals surface area contributed by atoms with Crippen LogP contribution in [0, 0.1) is 52.3 Å². The van der Waals surface area contributed by atoms with Gasteiger partial charge in [-0.2, -0.15) is 0 Å². The summed E-state index contributed by atoms with van der Waals surface area (Å²) in [5, 5.41) is 0. The zero-order chi connectivity index (χ0) is 25.3. The van der Waals surface area contributed by atoms with E-state index in [1.54, 1.807) is 0 Å². The summed E-state index contributed by atoms with van der Waals surface area (Å²) < 4.78 is 18.1. The van der Waals surface area contributed by atoms with Gasteiger partial charge >= 0.3 is 0 Å². The first-order valence-corrected chi connectivity index (χ1v) is 16.1. The van der Waals surface area contributed by atoms with Crippen molar-refractivity contribution in [2.75, 3.05) is 20.3 Å². The Morgan fingerprint density at radius 1 is 0.833 bits per heavy atom. The average Bonchev–Trinajstić information content (AvgIpc) is 3.24. The van der Waals surface area contributed by atoms with Gasteiger partial charge < -0.3 is 14.2 Å². The molecule has 11 atom stereocenters. The summed E-state index contributed by atoms with van der Waals surface area (Å²) >= 11 is 0. The van der Waals surface area contributed by atoms with Crippen LogP contribution in [-0.2, 0) is 14.2 Å². The summed E-state index contributed by atoms with van der Waals surface area (Å²) in [5.74, 6) is 6.02. The Balaban J connectivity index is 1.15. The van der Waals surface area contributed by atoms with E-state index in [2.05, 4.69) is 27.7 Å². The fraction of sp³-hybridized carbons (Fsp3) is 1.00. The van der Waals surface area contributed by atoms with E-state index in [0.717, 1.165) is 55.1 Å². The van der Waals surface area contributed by atoms with Crippen LogP contribution in [0.4, 0.5) is 0 Å². The molecule has 0 aromatic carbocycles. The SMILES string of the molecule is CO[C@H]1C[C@H]2[C@@H](CC[C@@]3(C)[C@@H]2CC[C@H]3[C@H](C)CCC[C@H](C)CO[C@H]2CCCCO2)[C@@]2(C)CCCC[C@H]12. The van der Waals surface area contributed by atoms with Crippen LogP contribution in [0.25, 0.3) is 0 Å². The Labute approximate surface area is 223 Å². The lowest BCUT2D eigenvalue weighted by atomic mass is 9.44. The Bertz CT molecular complexity index is 703. The summed E-state index contributed by atoms with van der Waals surface area (Å²) in [6.07, 6.45) is 21.2. The molecule has 5 aliphatic rings. The number of hydrogen-bond donors (Lipinski definition) is 0. The monoisotopic (exact) mass is 502 g/mol. The largest absolute Gasteiger partial charge is 0.381 e. The van der Waals surface area contributed by atoms with E-state index >= 15 is 0 Å². The van der Waals surface area contributed by atoms with E-state index in [0.29, 0.717) is 22.9 Å². The highest BCUT2D eigenvalue weighted by atomic mass is 16.7. The minimum absolute atomic E-state index is 0.0641. The molecule has 0 spiro atoms. The number of hydrogen-bond acceptors (Lipinski definition) is 3. The van der Waals surface area contributed by atoms with Crippen LogP contribution in [0.5, 0.6) is 0 Å². The molecule has 1 saturated heterocycles. The minimum Gasteiger partial charge on any atom is -0.381 e. The van der Waals surface area contributed by atoms with Crippen LogP contribution in [0.15, 0.2) is 0 Å². The molecule has 36 heavy (non-hydrogen) atoms. The van der Waals surface area contributed by atoms with Crippen LogP contribution in [0.3, 0.4) is 0 Å². The predicted molar refractivity (Wildman–Crippen MR) is 148 cm³/mol. The Morgan fingerprint density at radius 2 is 1.64 bits per heavy atom. The third-order valence-corrected chi connectivity index (χ3v) is 12.7. The van der Waals surface area contributed by atoms with Crippen molar-refractivity contribution in [3.63, 3.8) is 0 Å². The van der Waals surface area contributed by atoms with Crippen molar-refractivity contribution in [3.8, 4) is 0 Å². The van der Waals surface area contributed by atoms with E-state index < -0.39 is 0 Å². The normalized spacial score (nSPS) is 46.4. The van der Waals surface area contributed by atoms with Gasteiger partial charge in [-0.3, -0.25) is 0 Å². The maximum atomic E-state index is 6.25. The van der Waals surface area contributed by atoms with Gasteiger partial charge in [-0.15, -0.1) is 0 Å². The molecular weight excluding hydrogens is 444 g/mol. The van der Waals surface area contributed by atoms with Crippen molar-refractivity contribution in [1.82, 2.24) is 0 Å². The van der Waals surface area contributed by atoms with Gasteiger partial charge in [0.05, 0.1) is 12.7 Å². The first-order chi connectivity index (χ1) is 17.4. The highest BCUT2D eigenvalue weighted by Crippen LogP contribution is 2.68. The van der Waals surface area contributed by atoms with Gasteiger partial charge in [0, 0.05) is 13.7 Å². The lowest BCUT2D eigenvalue weighted by Gasteiger charge is -2.62. The molecule has 5 rings (SSSR count). The molecule has 0 aromatic heterocycles. The highest BCUT2D eigenvalue weighted by molar-refractivity contribution is 5.11. The molecule has 1 aliphatic heterocycles. The fourth-order valence-corrected chi connectivity index (χ4v) is 10.7. The second-order valence-corrected chi connectivity index (χ2v) is 14.6. The topological polar surface area (TPSA) is 27.7 Å². The second-order valence-electron chi connectivity index (χ2n) is 14.6. The van der Waals surface area contributed by atoms with Gasteiger partial charge in [0.1, 0.15) is 0 Å². The lowest BCUT2D eigenvalue weighted by Crippen LogP contribution is -2.57. The quantitative estimate of drug-likeness (QED) is 0.316. The Morgan fingerprint density at radius 3 is 2.42 bits per heavy atom. The maximum absolute atomic E-state index is 6.25. The molecule has 3 nitrogen and oxygen atoms in total. The third kappa shape index (κ3) is 5.21. The summed E-state index contributed by atoms with van der Waals surface area (Å²) in [4.78, 5) is 0. The van der Waals surface area contributed by atoms with Gasteiger partial charge in [0.15, 0.2) is 6.29 Å². The summed E-state index contributed by atoms with van der Waals surface area (Å²) in [7, 11) is 2.01. The molecule has 3 heteroatoms. The molecule has 4 aliphatic carbocycles. The van der Waals surface area contributed by atoms with Gasteiger partial charge in [0.25, 0.3) is 0 Å². The standard InChI is InChI=1S/C33H58O3/c1-23(22-36-31-14-7-9-20-35-31)11-10-12-24(2)26-15-16-27-25-21-30(34-5)29-13-6-8-18-32(29,3)28(25)17-19-33(26,27)4/h23-31H,6-22H2,1-5H3/t23-,24+,25+,26-,27+,28+,29+,30-,31-,32+,33+/m0/s1. The van der Waals surface area contributed by atoms with E-state index in [1.807, 2.05) is 7.11 Å². The van der Waals surface area contributed by atoms with Crippen molar-refractivity contribution in [2.24, 2.45) is 52.3 Å². The van der Waals surface area contributed by atoms with E-state index in [9.17, 15) is 0 Å². The van der Waals surface area contributed by atoms with E-state index in [-0.39, 0.29) is 6.29 Å². The molecule has 0 unspecified atom stereocenters. The van der Waals surface area contributed by atoms with E-state index in [1.165, 1.54) is 89.9 Å². The van der Waals surface area contributed by atoms with Crippen molar-refractivity contribution in [2.45, 2.75) is 136 Å². The molecule has 0 aromatic rings. The van der Waals surface area contributed by atoms with Gasteiger partial charge in [-0.1, -0.05) is 53.4 Å². The molecule has 0 radical (unpaired) electrons. The zero-order valence-corrected chi connectivity index (χ0v) is 24.4. The van der Waals surface area contributed by atoms with Crippen molar-refractivity contribution in [1.29, 1.82) is 0 Å². The van der Waals surface area contributed by atoms with Gasteiger partial charge in [0.2, 0.25) is 0 Å². The molecule has 0 bridgehead atoms. The third-order valence-electron chi connectivity index (χ3n) is 12.7. The molecule has 1 heterocycles. The number of rotatable bonds is 9. The summed E-state index contributed by atoms with van der Waals surface area (Å²) in [6, 6.07) is 0. The molecule has 208 valence electrons. The molecule has 0 N–H and O–H groups in total.